The Bertz CT molecular complexity index is 1220. The highest BCUT2D eigenvalue weighted by atomic mass is 32.1. The van der Waals surface area contributed by atoms with Gasteiger partial charge in [0.25, 0.3) is 5.91 Å². The van der Waals surface area contributed by atoms with Gasteiger partial charge < -0.3 is 19.3 Å². The number of likely N-dealkylation sites (N-methyl/N-ethyl adjacent to an activating group) is 1. The van der Waals surface area contributed by atoms with E-state index >= 15 is 0 Å². The first-order chi connectivity index (χ1) is 15.8. The number of carbonyl (C=O) groups excluding carboxylic acids is 1. The van der Waals surface area contributed by atoms with Gasteiger partial charge in [-0.25, -0.2) is 4.39 Å². The number of fused-ring (bicyclic) bond motifs is 1. The van der Waals surface area contributed by atoms with Crippen LogP contribution >= 0.6 is 11.3 Å². The first-order valence-electron chi connectivity index (χ1n) is 10.8. The van der Waals surface area contributed by atoms with Crippen LogP contribution < -0.4 is 5.43 Å². The number of amides is 1. The third-order valence-electron chi connectivity index (χ3n) is 5.87. The van der Waals surface area contributed by atoms with Crippen molar-refractivity contribution in [2.75, 3.05) is 19.8 Å². The number of aromatic nitrogens is 3. The Hall–Kier alpha value is -3.11. The van der Waals surface area contributed by atoms with Gasteiger partial charge in [0.05, 0.1) is 24.3 Å². The van der Waals surface area contributed by atoms with Gasteiger partial charge >= 0.3 is 0 Å². The molecule has 33 heavy (non-hydrogen) atoms. The van der Waals surface area contributed by atoms with Crippen LogP contribution in [0.4, 0.5) is 4.39 Å². The molecule has 1 aromatic carbocycles. The van der Waals surface area contributed by atoms with E-state index in [4.69, 9.17) is 4.74 Å². The minimum atomic E-state index is -0.661. The summed E-state index contributed by atoms with van der Waals surface area (Å²) in [6.45, 7) is 6.96. The fraction of sp³-hybridized carbons (Fsp3) is 0.391. The van der Waals surface area contributed by atoms with E-state index in [1.807, 2.05) is 20.8 Å². The Labute approximate surface area is 194 Å². The third-order valence-corrected chi connectivity index (χ3v) is 6.83. The van der Waals surface area contributed by atoms with Crippen molar-refractivity contribution in [2.24, 2.45) is 0 Å². The SMILES string of the molecule is CCOC[C@@H]1[C@H](C)n2cc(-c3nnc(Cc4ccc(F)cc4)s3)c(=O)c(O)c2C(=O)N1CC. The van der Waals surface area contributed by atoms with Crippen LogP contribution in [0.2, 0.25) is 0 Å². The predicted octanol–water partition coefficient (Wildman–Crippen LogP) is 3.24. The highest BCUT2D eigenvalue weighted by Gasteiger charge is 2.39. The van der Waals surface area contributed by atoms with Crippen molar-refractivity contribution in [3.05, 3.63) is 62.8 Å². The molecular formula is C23H25FN4O4S. The second-order valence-corrected chi connectivity index (χ2v) is 8.90. The quantitative estimate of drug-likeness (QED) is 0.567. The lowest BCUT2D eigenvalue weighted by atomic mass is 10.0. The van der Waals surface area contributed by atoms with E-state index in [1.54, 1.807) is 27.8 Å². The molecule has 1 aliphatic rings. The highest BCUT2D eigenvalue weighted by molar-refractivity contribution is 7.14. The summed E-state index contributed by atoms with van der Waals surface area (Å²) in [5.74, 6) is -1.31. The van der Waals surface area contributed by atoms with E-state index in [1.165, 1.54) is 23.5 Å². The summed E-state index contributed by atoms with van der Waals surface area (Å²) in [6.07, 6.45) is 2.01. The molecule has 174 valence electrons. The molecule has 0 aliphatic carbocycles. The lowest BCUT2D eigenvalue weighted by Gasteiger charge is -2.41. The van der Waals surface area contributed by atoms with Crippen LogP contribution in [-0.2, 0) is 11.2 Å². The van der Waals surface area contributed by atoms with Crippen molar-refractivity contribution in [1.29, 1.82) is 0 Å². The first-order valence-corrected chi connectivity index (χ1v) is 11.6. The van der Waals surface area contributed by atoms with Gasteiger partial charge in [-0.3, -0.25) is 9.59 Å². The largest absolute Gasteiger partial charge is 0.503 e. The molecule has 0 spiro atoms. The topological polar surface area (TPSA) is 97.5 Å². The average Bonchev–Trinajstić information content (AvgIpc) is 3.26. The minimum absolute atomic E-state index is 0.0260. The molecule has 4 rings (SSSR count). The zero-order chi connectivity index (χ0) is 23.7. The summed E-state index contributed by atoms with van der Waals surface area (Å²) in [5, 5.41) is 20.0. The lowest BCUT2D eigenvalue weighted by Crippen LogP contribution is -2.52. The van der Waals surface area contributed by atoms with Crippen molar-refractivity contribution in [1.82, 2.24) is 19.7 Å². The van der Waals surface area contributed by atoms with Crippen molar-refractivity contribution >= 4 is 17.2 Å². The molecular weight excluding hydrogens is 447 g/mol. The van der Waals surface area contributed by atoms with E-state index in [0.717, 1.165) is 5.56 Å². The van der Waals surface area contributed by atoms with Gasteiger partial charge in [-0.05, 0) is 38.5 Å². The predicted molar refractivity (Wildman–Crippen MR) is 122 cm³/mol. The van der Waals surface area contributed by atoms with E-state index in [9.17, 15) is 19.1 Å². The monoisotopic (exact) mass is 472 g/mol. The fourth-order valence-electron chi connectivity index (χ4n) is 4.09. The number of ether oxygens (including phenoxy) is 1. The van der Waals surface area contributed by atoms with Crippen molar-refractivity contribution < 1.29 is 19.0 Å². The van der Waals surface area contributed by atoms with E-state index < -0.39 is 17.1 Å². The van der Waals surface area contributed by atoms with Gasteiger partial charge in [0.1, 0.15) is 10.8 Å². The van der Waals surface area contributed by atoms with Crippen molar-refractivity contribution in [3.63, 3.8) is 0 Å². The molecule has 2 atom stereocenters. The number of rotatable bonds is 7. The van der Waals surface area contributed by atoms with Gasteiger partial charge in [0.2, 0.25) is 5.43 Å². The maximum Gasteiger partial charge on any atom is 0.274 e. The molecule has 0 saturated heterocycles. The van der Waals surface area contributed by atoms with Crippen LogP contribution in [0.15, 0.2) is 35.3 Å². The Morgan fingerprint density at radius 2 is 1.91 bits per heavy atom. The van der Waals surface area contributed by atoms with Gasteiger partial charge in [-0.2, -0.15) is 0 Å². The molecule has 8 nitrogen and oxygen atoms in total. The minimum Gasteiger partial charge on any atom is -0.503 e. The summed E-state index contributed by atoms with van der Waals surface area (Å²) in [5.41, 5.74) is 0.355. The molecule has 1 N–H and O–H groups in total. The Morgan fingerprint density at radius 1 is 1.18 bits per heavy atom. The van der Waals surface area contributed by atoms with Gasteiger partial charge in [0, 0.05) is 25.8 Å². The van der Waals surface area contributed by atoms with Crippen molar-refractivity contribution in [3.8, 4) is 16.3 Å². The zero-order valence-corrected chi connectivity index (χ0v) is 19.4. The van der Waals surface area contributed by atoms with Crippen LogP contribution in [0.3, 0.4) is 0 Å². The van der Waals surface area contributed by atoms with Gasteiger partial charge in [0.15, 0.2) is 16.5 Å². The third kappa shape index (κ3) is 4.28. The lowest BCUT2D eigenvalue weighted by molar-refractivity contribution is 0.0242. The number of pyridine rings is 1. The van der Waals surface area contributed by atoms with Gasteiger partial charge in [-0.15, -0.1) is 10.2 Å². The standard InChI is InChI=1S/C23H25FN4O4S/c1-4-27-17(12-32-5-2)13(3)28-11-16(20(29)21(30)19(28)23(27)31)22-26-25-18(33-22)10-14-6-8-15(24)9-7-14/h6-9,11,13,17,30H,4-5,10,12H2,1-3H3/t13-,17+/m0/s1. The molecule has 3 aromatic rings. The second kappa shape index (κ2) is 9.40. The van der Waals surface area contributed by atoms with E-state index in [0.29, 0.717) is 36.2 Å². The number of hydrogen-bond donors (Lipinski definition) is 1. The van der Waals surface area contributed by atoms with Crippen LogP contribution in [0.5, 0.6) is 5.75 Å². The zero-order valence-electron chi connectivity index (χ0n) is 18.6. The molecule has 0 unspecified atom stereocenters. The summed E-state index contributed by atoms with van der Waals surface area (Å²) >= 11 is 1.22. The Morgan fingerprint density at radius 3 is 2.58 bits per heavy atom. The summed E-state index contributed by atoms with van der Waals surface area (Å²) < 4.78 is 20.4. The van der Waals surface area contributed by atoms with E-state index in [2.05, 4.69) is 10.2 Å². The number of carbonyl (C=O) groups is 1. The molecule has 0 saturated carbocycles. The average molecular weight is 473 g/mol. The smallest absolute Gasteiger partial charge is 0.274 e. The van der Waals surface area contributed by atoms with Crippen LogP contribution in [-0.4, -0.2) is 56.5 Å². The first kappa shape index (κ1) is 23.1. The molecule has 10 heteroatoms. The summed E-state index contributed by atoms with van der Waals surface area (Å²) in [4.78, 5) is 27.7. The maximum absolute atomic E-state index is 13.2. The van der Waals surface area contributed by atoms with Gasteiger partial charge in [-0.1, -0.05) is 23.5 Å². The van der Waals surface area contributed by atoms with Crippen LogP contribution in [0, 0.1) is 5.82 Å². The fourth-order valence-corrected chi connectivity index (χ4v) is 4.97. The number of halogens is 1. The number of nitrogens with zero attached hydrogens (tertiary/aromatic N) is 4. The summed E-state index contributed by atoms with van der Waals surface area (Å²) in [6, 6.07) is 5.61. The molecule has 3 heterocycles. The normalized spacial score (nSPS) is 17.9. The second-order valence-electron chi connectivity index (χ2n) is 7.84. The number of aromatic hydroxyl groups is 1. The molecule has 0 radical (unpaired) electrons. The van der Waals surface area contributed by atoms with Crippen molar-refractivity contribution in [2.45, 2.75) is 39.3 Å². The highest BCUT2D eigenvalue weighted by Crippen LogP contribution is 2.33. The summed E-state index contributed by atoms with van der Waals surface area (Å²) in [7, 11) is 0. The molecule has 0 bridgehead atoms. The number of benzene rings is 1. The molecule has 2 aromatic heterocycles. The Kier molecular flexibility index (Phi) is 6.57. The maximum atomic E-state index is 13.2. The number of hydrogen-bond acceptors (Lipinski definition) is 7. The van der Waals surface area contributed by atoms with Crippen LogP contribution in [0.1, 0.15) is 47.9 Å². The molecule has 1 aliphatic heterocycles. The van der Waals surface area contributed by atoms with E-state index in [-0.39, 0.29) is 29.2 Å². The molecule has 0 fully saturated rings. The molecule has 1 amide bonds. The van der Waals surface area contributed by atoms with Crippen LogP contribution in [0.25, 0.3) is 10.6 Å². The Balaban J connectivity index is 1.72.